The van der Waals surface area contributed by atoms with E-state index in [2.05, 4.69) is 20.7 Å². The quantitative estimate of drug-likeness (QED) is 0.809. The second-order valence-electron chi connectivity index (χ2n) is 4.26. The molecule has 2 nitrogen and oxygen atoms in total. The number of benzene rings is 2. The fraction of sp³-hybridized carbons (Fsp3) is 0.143. The highest BCUT2D eigenvalue weighted by molar-refractivity contribution is 9.10. The van der Waals surface area contributed by atoms with Crippen molar-refractivity contribution in [2.45, 2.75) is 12.4 Å². The Labute approximate surface area is 132 Å². The zero-order chi connectivity index (χ0) is 15.6. The molecular formula is C14H10BrClF3NO. The van der Waals surface area contributed by atoms with Crippen LogP contribution in [0.2, 0.25) is 5.02 Å². The van der Waals surface area contributed by atoms with E-state index in [1.807, 2.05) is 0 Å². The van der Waals surface area contributed by atoms with Gasteiger partial charge in [-0.05, 0) is 35.4 Å². The Balaban J connectivity index is 2.22. The molecule has 2 aromatic carbocycles. The SMILES string of the molecule is N[C@@H](c1ccc(OC(F)(F)F)cc1)c1ccc(Cl)cc1Br. The van der Waals surface area contributed by atoms with Crippen LogP contribution in [-0.4, -0.2) is 6.36 Å². The first-order valence-electron chi connectivity index (χ1n) is 5.82. The third-order valence-corrected chi connectivity index (χ3v) is 3.69. The average Bonchev–Trinajstić information content (AvgIpc) is 2.37. The maximum atomic E-state index is 12.1. The molecule has 2 aromatic rings. The highest BCUT2D eigenvalue weighted by Gasteiger charge is 2.31. The maximum Gasteiger partial charge on any atom is 0.573 e. The standard InChI is InChI=1S/C14H10BrClF3NO/c15-12-7-9(16)3-6-11(12)13(20)8-1-4-10(5-2-8)21-14(17,18)19/h1-7,13H,20H2/t13-/m0/s1. The normalized spacial score (nSPS) is 13.0. The number of halogens is 5. The molecule has 7 heteroatoms. The van der Waals surface area contributed by atoms with Crippen LogP contribution < -0.4 is 10.5 Å². The summed E-state index contributed by atoms with van der Waals surface area (Å²) in [5.41, 5.74) is 7.55. The van der Waals surface area contributed by atoms with Crippen LogP contribution in [-0.2, 0) is 0 Å². The number of rotatable bonds is 3. The highest BCUT2D eigenvalue weighted by Crippen LogP contribution is 2.30. The van der Waals surface area contributed by atoms with Gasteiger partial charge in [0.05, 0.1) is 6.04 Å². The van der Waals surface area contributed by atoms with Gasteiger partial charge in [-0.2, -0.15) is 0 Å². The van der Waals surface area contributed by atoms with Gasteiger partial charge in [0.2, 0.25) is 0 Å². The van der Waals surface area contributed by atoms with E-state index >= 15 is 0 Å². The predicted octanol–water partition coefficient (Wildman–Crippen LogP) is 5.05. The molecule has 0 aromatic heterocycles. The van der Waals surface area contributed by atoms with E-state index in [-0.39, 0.29) is 5.75 Å². The predicted molar refractivity (Wildman–Crippen MR) is 78.3 cm³/mol. The largest absolute Gasteiger partial charge is 0.573 e. The Morgan fingerprint density at radius 2 is 1.71 bits per heavy atom. The summed E-state index contributed by atoms with van der Waals surface area (Å²) in [7, 11) is 0. The highest BCUT2D eigenvalue weighted by atomic mass is 79.9. The van der Waals surface area contributed by atoms with Crippen LogP contribution in [0, 0.1) is 0 Å². The zero-order valence-corrected chi connectivity index (χ0v) is 12.8. The molecule has 0 fully saturated rings. The smallest absolute Gasteiger partial charge is 0.406 e. The Morgan fingerprint density at radius 3 is 2.24 bits per heavy atom. The van der Waals surface area contributed by atoms with Crippen molar-refractivity contribution in [2.75, 3.05) is 0 Å². The van der Waals surface area contributed by atoms with Crippen molar-refractivity contribution in [3.8, 4) is 5.75 Å². The van der Waals surface area contributed by atoms with Crippen molar-refractivity contribution in [3.05, 3.63) is 63.1 Å². The Morgan fingerprint density at radius 1 is 1.10 bits per heavy atom. The minimum Gasteiger partial charge on any atom is -0.406 e. The number of alkyl halides is 3. The minimum absolute atomic E-state index is 0.284. The van der Waals surface area contributed by atoms with Gasteiger partial charge in [-0.25, -0.2) is 0 Å². The molecule has 0 heterocycles. The van der Waals surface area contributed by atoms with E-state index in [4.69, 9.17) is 17.3 Å². The van der Waals surface area contributed by atoms with E-state index in [1.54, 1.807) is 18.2 Å². The van der Waals surface area contributed by atoms with Gasteiger partial charge in [0, 0.05) is 9.50 Å². The van der Waals surface area contributed by atoms with Crippen LogP contribution >= 0.6 is 27.5 Å². The first-order chi connectivity index (χ1) is 9.76. The van der Waals surface area contributed by atoms with Gasteiger partial charge in [-0.15, -0.1) is 13.2 Å². The van der Waals surface area contributed by atoms with Gasteiger partial charge < -0.3 is 10.5 Å². The first-order valence-corrected chi connectivity index (χ1v) is 6.99. The van der Waals surface area contributed by atoms with Gasteiger partial charge in [0.1, 0.15) is 5.75 Å². The molecule has 0 aliphatic carbocycles. The van der Waals surface area contributed by atoms with E-state index in [0.29, 0.717) is 10.6 Å². The molecule has 21 heavy (non-hydrogen) atoms. The fourth-order valence-corrected chi connectivity index (χ4v) is 2.74. The minimum atomic E-state index is -4.71. The van der Waals surface area contributed by atoms with Gasteiger partial charge in [0.15, 0.2) is 0 Å². The molecule has 0 saturated heterocycles. The van der Waals surface area contributed by atoms with E-state index < -0.39 is 12.4 Å². The van der Waals surface area contributed by atoms with Gasteiger partial charge in [0.25, 0.3) is 0 Å². The van der Waals surface area contributed by atoms with Crippen molar-refractivity contribution in [3.63, 3.8) is 0 Å². The van der Waals surface area contributed by atoms with Crippen molar-refractivity contribution in [2.24, 2.45) is 5.73 Å². The first kappa shape index (κ1) is 16.1. The summed E-state index contributed by atoms with van der Waals surface area (Å²) in [6, 6.07) is 10.1. The molecule has 2 N–H and O–H groups in total. The van der Waals surface area contributed by atoms with Crippen LogP contribution in [0.4, 0.5) is 13.2 Å². The lowest BCUT2D eigenvalue weighted by Gasteiger charge is -2.15. The van der Waals surface area contributed by atoms with Gasteiger partial charge in [-0.1, -0.05) is 45.7 Å². The molecule has 2 rings (SSSR count). The van der Waals surface area contributed by atoms with Crippen molar-refractivity contribution in [1.29, 1.82) is 0 Å². The van der Waals surface area contributed by atoms with Crippen LogP contribution in [0.1, 0.15) is 17.2 Å². The van der Waals surface area contributed by atoms with E-state index in [0.717, 1.165) is 10.0 Å². The Bertz CT molecular complexity index is 631. The zero-order valence-electron chi connectivity index (χ0n) is 10.5. The third kappa shape index (κ3) is 4.36. The number of hydrogen-bond acceptors (Lipinski definition) is 2. The number of ether oxygens (including phenoxy) is 1. The molecule has 0 amide bonds. The maximum absolute atomic E-state index is 12.1. The molecule has 0 aliphatic heterocycles. The van der Waals surface area contributed by atoms with E-state index in [1.165, 1.54) is 24.3 Å². The van der Waals surface area contributed by atoms with Gasteiger partial charge >= 0.3 is 6.36 Å². The summed E-state index contributed by atoms with van der Waals surface area (Å²) >= 11 is 9.22. The molecule has 0 radical (unpaired) electrons. The van der Waals surface area contributed by atoms with Crippen molar-refractivity contribution < 1.29 is 17.9 Å². The number of hydrogen-bond donors (Lipinski definition) is 1. The summed E-state index contributed by atoms with van der Waals surface area (Å²) in [5.74, 6) is -0.284. The molecule has 1 atom stereocenters. The summed E-state index contributed by atoms with van der Waals surface area (Å²) in [6.45, 7) is 0. The molecular weight excluding hydrogens is 371 g/mol. The van der Waals surface area contributed by atoms with Crippen molar-refractivity contribution in [1.82, 2.24) is 0 Å². The summed E-state index contributed by atoms with van der Waals surface area (Å²) in [5, 5.41) is 0.562. The van der Waals surface area contributed by atoms with Crippen LogP contribution in [0.15, 0.2) is 46.9 Å². The Hall–Kier alpha value is -1.24. The monoisotopic (exact) mass is 379 g/mol. The number of nitrogens with two attached hydrogens (primary N) is 1. The molecule has 0 saturated carbocycles. The lowest BCUT2D eigenvalue weighted by Crippen LogP contribution is -2.17. The summed E-state index contributed by atoms with van der Waals surface area (Å²) < 4.78 is 40.8. The molecule has 0 bridgehead atoms. The Kier molecular flexibility index (Phi) is 4.81. The lowest BCUT2D eigenvalue weighted by atomic mass is 10.00. The topological polar surface area (TPSA) is 35.2 Å². The second kappa shape index (κ2) is 6.25. The molecule has 0 unspecified atom stereocenters. The summed E-state index contributed by atoms with van der Waals surface area (Å²) in [6.07, 6.45) is -4.71. The fourth-order valence-electron chi connectivity index (χ4n) is 1.81. The molecule has 0 aliphatic rings. The third-order valence-electron chi connectivity index (χ3n) is 2.77. The van der Waals surface area contributed by atoms with Crippen molar-refractivity contribution >= 4 is 27.5 Å². The average molecular weight is 381 g/mol. The van der Waals surface area contributed by atoms with Crippen LogP contribution in [0.3, 0.4) is 0 Å². The van der Waals surface area contributed by atoms with E-state index in [9.17, 15) is 13.2 Å². The second-order valence-corrected chi connectivity index (χ2v) is 5.55. The molecule has 0 spiro atoms. The lowest BCUT2D eigenvalue weighted by molar-refractivity contribution is -0.274. The van der Waals surface area contributed by atoms with Crippen LogP contribution in [0.5, 0.6) is 5.75 Å². The van der Waals surface area contributed by atoms with Crippen LogP contribution in [0.25, 0.3) is 0 Å². The van der Waals surface area contributed by atoms with Gasteiger partial charge in [-0.3, -0.25) is 0 Å². The molecule has 112 valence electrons. The summed E-state index contributed by atoms with van der Waals surface area (Å²) in [4.78, 5) is 0.